The van der Waals surface area contributed by atoms with Gasteiger partial charge in [-0.2, -0.15) is 0 Å². The molecule has 0 saturated heterocycles. The lowest BCUT2D eigenvalue weighted by molar-refractivity contribution is 0.464. The standard InChI is InChI=1S/C23H21N5/c1-28(2)12-6-8-17-7-5-10-20(13-17)26-23-25-16-19-15-24-14-18-9-3-4-11-21(18)22(19)27-23/h3-5,7,9-11,13-14,16H,12,15H2,1-2H3,(H,25,26,27). The van der Waals surface area contributed by atoms with E-state index in [1.807, 2.05) is 67.8 Å². The van der Waals surface area contributed by atoms with E-state index in [1.165, 1.54) is 0 Å². The number of aromatic nitrogens is 2. The molecule has 138 valence electrons. The average molecular weight is 367 g/mol. The Kier molecular flexibility index (Phi) is 5.14. The van der Waals surface area contributed by atoms with Gasteiger partial charge in [0.2, 0.25) is 5.95 Å². The highest BCUT2D eigenvalue weighted by molar-refractivity contribution is 5.91. The third kappa shape index (κ3) is 4.08. The molecule has 5 heteroatoms. The molecule has 0 aliphatic carbocycles. The van der Waals surface area contributed by atoms with Gasteiger partial charge in [-0.1, -0.05) is 42.2 Å². The van der Waals surface area contributed by atoms with Crippen molar-refractivity contribution in [2.24, 2.45) is 4.99 Å². The normalized spacial score (nSPS) is 11.8. The largest absolute Gasteiger partial charge is 0.324 e. The highest BCUT2D eigenvalue weighted by Gasteiger charge is 2.14. The van der Waals surface area contributed by atoms with Gasteiger partial charge in [-0.3, -0.25) is 9.89 Å². The van der Waals surface area contributed by atoms with Gasteiger partial charge in [0, 0.05) is 40.4 Å². The number of anilines is 2. The van der Waals surface area contributed by atoms with Crippen molar-refractivity contribution in [2.45, 2.75) is 6.54 Å². The maximum absolute atomic E-state index is 4.78. The number of hydrogen-bond acceptors (Lipinski definition) is 5. The number of rotatable bonds is 3. The summed E-state index contributed by atoms with van der Waals surface area (Å²) in [5.41, 5.74) is 5.97. The smallest absolute Gasteiger partial charge is 0.227 e. The second kappa shape index (κ2) is 8.03. The second-order valence-corrected chi connectivity index (χ2v) is 6.87. The fraction of sp³-hybridized carbons (Fsp3) is 0.174. The maximum Gasteiger partial charge on any atom is 0.227 e. The second-order valence-electron chi connectivity index (χ2n) is 6.87. The fourth-order valence-corrected chi connectivity index (χ4v) is 2.99. The van der Waals surface area contributed by atoms with E-state index in [0.717, 1.165) is 40.2 Å². The van der Waals surface area contributed by atoms with Gasteiger partial charge in [-0.25, -0.2) is 9.97 Å². The highest BCUT2D eigenvalue weighted by atomic mass is 15.1. The number of fused-ring (bicyclic) bond motifs is 3. The zero-order valence-electron chi connectivity index (χ0n) is 16.0. The molecule has 0 saturated carbocycles. The molecule has 28 heavy (non-hydrogen) atoms. The van der Waals surface area contributed by atoms with Crippen molar-refractivity contribution < 1.29 is 0 Å². The van der Waals surface area contributed by atoms with Crippen LogP contribution in [0.2, 0.25) is 0 Å². The Morgan fingerprint density at radius 2 is 2.00 bits per heavy atom. The van der Waals surface area contributed by atoms with Crippen LogP contribution in [0, 0.1) is 11.8 Å². The lowest BCUT2D eigenvalue weighted by Crippen LogP contribution is -2.10. The van der Waals surface area contributed by atoms with Gasteiger partial charge in [-0.05, 0) is 32.3 Å². The Labute approximate surface area is 165 Å². The topological polar surface area (TPSA) is 53.4 Å². The predicted octanol–water partition coefficient (Wildman–Crippen LogP) is 3.73. The third-order valence-corrected chi connectivity index (χ3v) is 4.32. The first-order valence-electron chi connectivity index (χ1n) is 9.15. The van der Waals surface area contributed by atoms with Gasteiger partial charge in [0.05, 0.1) is 18.8 Å². The van der Waals surface area contributed by atoms with Crippen molar-refractivity contribution in [3.8, 4) is 23.1 Å². The molecule has 1 aliphatic heterocycles. The van der Waals surface area contributed by atoms with Gasteiger partial charge in [0.25, 0.3) is 0 Å². The van der Waals surface area contributed by atoms with Crippen LogP contribution < -0.4 is 5.32 Å². The van der Waals surface area contributed by atoms with Gasteiger partial charge in [-0.15, -0.1) is 0 Å². The average Bonchev–Trinajstić information content (AvgIpc) is 2.87. The number of hydrogen-bond donors (Lipinski definition) is 1. The summed E-state index contributed by atoms with van der Waals surface area (Å²) in [5.74, 6) is 6.90. The van der Waals surface area contributed by atoms with E-state index in [2.05, 4.69) is 39.3 Å². The Bertz CT molecular complexity index is 1090. The van der Waals surface area contributed by atoms with Crippen LogP contribution in [0.15, 0.2) is 59.7 Å². The summed E-state index contributed by atoms with van der Waals surface area (Å²) in [7, 11) is 4.01. The minimum atomic E-state index is 0.564. The van der Waals surface area contributed by atoms with E-state index in [-0.39, 0.29) is 0 Å². The molecule has 0 unspecified atom stereocenters. The summed E-state index contributed by atoms with van der Waals surface area (Å²) in [5, 5.41) is 3.30. The van der Waals surface area contributed by atoms with Crippen molar-refractivity contribution in [1.82, 2.24) is 14.9 Å². The van der Waals surface area contributed by atoms with E-state index < -0.39 is 0 Å². The first-order chi connectivity index (χ1) is 13.7. The number of nitrogens with zero attached hydrogens (tertiary/aromatic N) is 4. The lowest BCUT2D eigenvalue weighted by atomic mass is 10.0. The molecule has 1 N–H and O–H groups in total. The monoisotopic (exact) mass is 367 g/mol. The number of aliphatic imine (C=N–C) groups is 1. The third-order valence-electron chi connectivity index (χ3n) is 4.32. The zero-order valence-corrected chi connectivity index (χ0v) is 16.0. The Morgan fingerprint density at radius 1 is 1.11 bits per heavy atom. The molecule has 0 bridgehead atoms. The minimum Gasteiger partial charge on any atom is -0.324 e. The minimum absolute atomic E-state index is 0.564. The van der Waals surface area contributed by atoms with Crippen LogP contribution in [0.1, 0.15) is 16.7 Å². The molecule has 1 aromatic heterocycles. The van der Waals surface area contributed by atoms with Crippen LogP contribution >= 0.6 is 0 Å². The van der Waals surface area contributed by atoms with Crippen LogP contribution in [0.5, 0.6) is 0 Å². The molecule has 3 aromatic rings. The fourth-order valence-electron chi connectivity index (χ4n) is 2.99. The van der Waals surface area contributed by atoms with Gasteiger partial charge in [0.15, 0.2) is 0 Å². The molecular formula is C23H21N5. The zero-order chi connectivity index (χ0) is 19.3. The van der Waals surface area contributed by atoms with E-state index in [9.17, 15) is 0 Å². The van der Waals surface area contributed by atoms with Crippen LogP contribution in [-0.4, -0.2) is 41.7 Å². The summed E-state index contributed by atoms with van der Waals surface area (Å²) in [4.78, 5) is 15.8. The molecule has 0 amide bonds. The number of nitrogens with one attached hydrogen (secondary N) is 1. The molecule has 0 spiro atoms. The van der Waals surface area contributed by atoms with Crippen molar-refractivity contribution in [1.29, 1.82) is 0 Å². The highest BCUT2D eigenvalue weighted by Crippen LogP contribution is 2.28. The summed E-state index contributed by atoms with van der Waals surface area (Å²) in [6.07, 6.45) is 3.75. The van der Waals surface area contributed by atoms with Crippen molar-refractivity contribution in [3.63, 3.8) is 0 Å². The van der Waals surface area contributed by atoms with E-state index in [1.54, 1.807) is 0 Å². The summed E-state index contributed by atoms with van der Waals surface area (Å²) in [6.45, 7) is 1.31. The Morgan fingerprint density at radius 3 is 2.89 bits per heavy atom. The molecule has 0 atom stereocenters. The Balaban J connectivity index is 1.61. The van der Waals surface area contributed by atoms with E-state index in [0.29, 0.717) is 12.5 Å². The lowest BCUT2D eigenvalue weighted by Gasteiger charge is -2.10. The molecule has 0 radical (unpaired) electrons. The first-order valence-corrected chi connectivity index (χ1v) is 9.15. The molecule has 2 heterocycles. The van der Waals surface area contributed by atoms with E-state index in [4.69, 9.17) is 4.98 Å². The van der Waals surface area contributed by atoms with Crippen LogP contribution in [0.4, 0.5) is 11.6 Å². The molecule has 4 rings (SSSR count). The van der Waals surface area contributed by atoms with Crippen molar-refractivity contribution >= 4 is 17.9 Å². The summed E-state index contributed by atoms with van der Waals surface area (Å²) in [6, 6.07) is 16.1. The molecule has 2 aromatic carbocycles. The van der Waals surface area contributed by atoms with Crippen molar-refractivity contribution in [2.75, 3.05) is 26.0 Å². The van der Waals surface area contributed by atoms with Gasteiger partial charge in [0.1, 0.15) is 0 Å². The van der Waals surface area contributed by atoms with Crippen LogP contribution in [0.3, 0.4) is 0 Å². The SMILES string of the molecule is CN(C)CC#Cc1cccc(Nc2ncc3c(n2)-c2ccccc2C=NC3)c1. The van der Waals surface area contributed by atoms with Gasteiger partial charge >= 0.3 is 0 Å². The summed E-state index contributed by atoms with van der Waals surface area (Å²) >= 11 is 0. The van der Waals surface area contributed by atoms with E-state index >= 15 is 0 Å². The quantitative estimate of drug-likeness (QED) is 0.717. The maximum atomic E-state index is 4.78. The van der Waals surface area contributed by atoms with Crippen LogP contribution in [0.25, 0.3) is 11.3 Å². The molecular weight excluding hydrogens is 346 g/mol. The first kappa shape index (κ1) is 17.9. The molecule has 1 aliphatic rings. The summed E-state index contributed by atoms with van der Waals surface area (Å²) < 4.78 is 0. The Hall–Kier alpha value is -3.49. The number of benzene rings is 2. The van der Waals surface area contributed by atoms with Crippen molar-refractivity contribution in [3.05, 3.63) is 71.4 Å². The molecule has 0 fully saturated rings. The van der Waals surface area contributed by atoms with Gasteiger partial charge < -0.3 is 5.32 Å². The van der Waals surface area contributed by atoms with Crippen LogP contribution in [-0.2, 0) is 6.54 Å². The molecule has 5 nitrogen and oxygen atoms in total. The predicted molar refractivity (Wildman–Crippen MR) is 114 cm³/mol.